The number of methoxy groups -OCH3 is 3. The Labute approximate surface area is 184 Å². The van der Waals surface area contributed by atoms with E-state index in [4.69, 9.17) is 14.2 Å². The first kappa shape index (κ1) is 23.2. The summed E-state index contributed by atoms with van der Waals surface area (Å²) in [7, 11) is 0.720. The molecule has 0 N–H and O–H groups in total. The van der Waals surface area contributed by atoms with Crippen molar-refractivity contribution >= 4 is 43.5 Å². The number of amides is 1. The number of thiazole rings is 1. The summed E-state index contributed by atoms with van der Waals surface area (Å²) in [5, 5.41) is 0. The Hall–Kier alpha value is -2.44. The van der Waals surface area contributed by atoms with Crippen LogP contribution in [0.2, 0.25) is 0 Å². The molecular weight excluding hydrogens is 446 g/mol. The van der Waals surface area contributed by atoms with Gasteiger partial charge in [0.25, 0.3) is 5.91 Å². The van der Waals surface area contributed by atoms with Gasteiger partial charge in [-0.05, 0) is 25.0 Å². The summed E-state index contributed by atoms with van der Waals surface area (Å²) in [4.78, 5) is 29.6. The summed E-state index contributed by atoms with van der Waals surface area (Å²) >= 11 is 1.15. The van der Waals surface area contributed by atoms with Crippen LogP contribution in [0.5, 0.6) is 11.5 Å². The number of carbonyl (C=O) groups excluding carboxylic acids is 2. The highest BCUT2D eigenvalue weighted by Gasteiger charge is 2.34. The number of nitrogens with zero attached hydrogens (tertiary/aromatic N) is 3. The number of rotatable bonds is 6. The third kappa shape index (κ3) is 4.75. The zero-order valence-electron chi connectivity index (χ0n) is 17.8. The van der Waals surface area contributed by atoms with Crippen molar-refractivity contribution in [1.29, 1.82) is 0 Å². The van der Waals surface area contributed by atoms with E-state index in [2.05, 4.69) is 4.99 Å². The fourth-order valence-corrected chi connectivity index (χ4v) is 5.86. The number of ether oxygens (including phenoxy) is 3. The van der Waals surface area contributed by atoms with Crippen molar-refractivity contribution in [2.45, 2.75) is 31.8 Å². The first-order valence-corrected chi connectivity index (χ1v) is 12.2. The van der Waals surface area contributed by atoms with Crippen LogP contribution < -0.4 is 14.3 Å². The average molecular weight is 472 g/mol. The van der Waals surface area contributed by atoms with Gasteiger partial charge in [0.15, 0.2) is 4.80 Å². The number of piperidine rings is 1. The fourth-order valence-electron chi connectivity index (χ4n) is 3.60. The minimum absolute atomic E-state index is 0.202. The van der Waals surface area contributed by atoms with E-state index in [1.807, 2.05) is 0 Å². The molecule has 3 rings (SSSR count). The fraction of sp³-hybridized carbons (Fsp3) is 0.526. The quantitative estimate of drug-likeness (QED) is 0.580. The predicted octanol–water partition coefficient (Wildman–Crippen LogP) is 1.13. The first-order valence-electron chi connectivity index (χ1n) is 9.57. The lowest BCUT2D eigenvalue weighted by Gasteiger charge is -2.31. The molecule has 1 aromatic carbocycles. The van der Waals surface area contributed by atoms with E-state index >= 15 is 0 Å². The van der Waals surface area contributed by atoms with Crippen molar-refractivity contribution in [1.82, 2.24) is 8.87 Å². The van der Waals surface area contributed by atoms with Crippen molar-refractivity contribution in [2.75, 3.05) is 34.1 Å². The number of esters is 1. The zero-order chi connectivity index (χ0) is 22.8. The van der Waals surface area contributed by atoms with Gasteiger partial charge in [0, 0.05) is 6.54 Å². The number of fused-ring (bicyclic) bond motifs is 1. The lowest BCUT2D eigenvalue weighted by atomic mass is 10.0. The molecule has 0 bridgehead atoms. The van der Waals surface area contributed by atoms with Crippen LogP contribution in [0.1, 0.15) is 19.3 Å². The van der Waals surface area contributed by atoms with E-state index in [9.17, 15) is 18.0 Å². The van der Waals surface area contributed by atoms with Gasteiger partial charge >= 0.3 is 5.97 Å². The lowest BCUT2D eigenvalue weighted by molar-refractivity contribution is -0.141. The molecule has 2 aromatic rings. The van der Waals surface area contributed by atoms with Gasteiger partial charge in [0.05, 0.1) is 27.6 Å². The Balaban J connectivity index is 2.20. The maximum Gasteiger partial charge on any atom is 0.325 e. The Morgan fingerprint density at radius 3 is 2.45 bits per heavy atom. The largest absolute Gasteiger partial charge is 0.495 e. The van der Waals surface area contributed by atoms with Gasteiger partial charge in [0.1, 0.15) is 34.3 Å². The molecule has 10 nitrogen and oxygen atoms in total. The van der Waals surface area contributed by atoms with E-state index in [0.29, 0.717) is 34.6 Å². The number of aromatic nitrogens is 1. The zero-order valence-corrected chi connectivity index (χ0v) is 19.4. The molecule has 0 saturated carbocycles. The molecule has 0 aliphatic carbocycles. The van der Waals surface area contributed by atoms with Crippen LogP contribution in [-0.2, 0) is 30.9 Å². The van der Waals surface area contributed by atoms with Crippen LogP contribution >= 0.6 is 11.3 Å². The van der Waals surface area contributed by atoms with Crippen molar-refractivity contribution in [3.63, 3.8) is 0 Å². The second-order valence-electron chi connectivity index (χ2n) is 7.03. The Morgan fingerprint density at radius 1 is 1.16 bits per heavy atom. The topological polar surface area (TPSA) is 116 Å². The lowest BCUT2D eigenvalue weighted by Crippen LogP contribution is -2.47. The summed E-state index contributed by atoms with van der Waals surface area (Å²) in [5.41, 5.74) is 0.535. The highest BCUT2D eigenvalue weighted by atomic mass is 32.2. The van der Waals surface area contributed by atoms with Gasteiger partial charge in [-0.3, -0.25) is 9.59 Å². The van der Waals surface area contributed by atoms with E-state index in [1.54, 1.807) is 12.1 Å². The molecule has 0 spiro atoms. The number of benzene rings is 1. The van der Waals surface area contributed by atoms with Gasteiger partial charge in [-0.1, -0.05) is 17.8 Å². The molecule has 12 heteroatoms. The van der Waals surface area contributed by atoms with Gasteiger partial charge in [-0.25, -0.2) is 8.42 Å². The van der Waals surface area contributed by atoms with E-state index in [-0.39, 0.29) is 17.9 Å². The van der Waals surface area contributed by atoms with Gasteiger partial charge < -0.3 is 18.8 Å². The van der Waals surface area contributed by atoms with Crippen LogP contribution in [-0.4, -0.2) is 69.3 Å². The van der Waals surface area contributed by atoms with E-state index < -0.39 is 27.9 Å². The molecule has 1 aromatic heterocycles. The third-order valence-corrected chi connectivity index (χ3v) is 7.46. The monoisotopic (exact) mass is 471 g/mol. The molecule has 1 aliphatic rings. The number of hydrogen-bond donors (Lipinski definition) is 0. The van der Waals surface area contributed by atoms with E-state index in [1.165, 1.54) is 30.2 Å². The number of carbonyl (C=O) groups is 2. The van der Waals surface area contributed by atoms with Crippen molar-refractivity contribution in [2.24, 2.45) is 4.99 Å². The molecule has 31 heavy (non-hydrogen) atoms. The van der Waals surface area contributed by atoms with Crippen LogP contribution in [0.4, 0.5) is 0 Å². The number of hydrogen-bond acceptors (Lipinski definition) is 8. The summed E-state index contributed by atoms with van der Waals surface area (Å²) in [6.07, 6.45) is 2.90. The molecule has 1 atom stereocenters. The highest BCUT2D eigenvalue weighted by Crippen LogP contribution is 2.35. The molecule has 2 heterocycles. The second kappa shape index (κ2) is 9.37. The average Bonchev–Trinajstić information content (AvgIpc) is 3.10. The third-order valence-electron chi connectivity index (χ3n) is 5.08. The molecular formula is C19H25N3O7S2. The summed E-state index contributed by atoms with van der Waals surface area (Å²) in [5.74, 6) is -0.105. The predicted molar refractivity (Wildman–Crippen MR) is 115 cm³/mol. The van der Waals surface area contributed by atoms with Crippen LogP contribution in [0, 0.1) is 0 Å². The standard InChI is InChI=1S/C19H25N3O7S2/c1-27-13-8-9-14(28-2)17-16(13)21(11-15(23)29-3)19(30-17)20-18(24)12-7-5-6-10-22(12)31(4,25)26/h8-9,12H,5-7,10-11H2,1-4H3. The Morgan fingerprint density at radius 2 is 1.84 bits per heavy atom. The SMILES string of the molecule is COC(=O)Cn1c(=NC(=O)C2CCCCN2S(C)(=O)=O)sc2c(OC)ccc(OC)c21. The Kier molecular flexibility index (Phi) is 7.02. The van der Waals surface area contributed by atoms with Gasteiger partial charge in [-0.2, -0.15) is 9.30 Å². The van der Waals surface area contributed by atoms with E-state index in [0.717, 1.165) is 24.0 Å². The second-order valence-corrected chi connectivity index (χ2v) is 9.94. The first-order chi connectivity index (χ1) is 14.7. The van der Waals surface area contributed by atoms with Gasteiger partial charge in [-0.15, -0.1) is 0 Å². The van der Waals surface area contributed by atoms with Gasteiger partial charge in [0.2, 0.25) is 10.0 Å². The smallest absolute Gasteiger partial charge is 0.325 e. The summed E-state index contributed by atoms with van der Waals surface area (Å²) in [6.45, 7) is 0.0770. The highest BCUT2D eigenvalue weighted by molar-refractivity contribution is 7.88. The molecule has 1 saturated heterocycles. The van der Waals surface area contributed by atoms with Crippen LogP contribution in [0.15, 0.2) is 17.1 Å². The minimum atomic E-state index is -3.56. The molecule has 0 radical (unpaired) electrons. The molecule has 170 valence electrons. The molecule has 1 fully saturated rings. The van der Waals surface area contributed by atoms with Crippen molar-refractivity contribution < 1.29 is 32.2 Å². The maximum absolute atomic E-state index is 13.1. The van der Waals surface area contributed by atoms with Crippen molar-refractivity contribution in [3.05, 3.63) is 16.9 Å². The number of sulfonamides is 1. The summed E-state index contributed by atoms with van der Waals surface area (Å²) in [6, 6.07) is 2.54. The van der Waals surface area contributed by atoms with Crippen LogP contribution in [0.3, 0.4) is 0 Å². The van der Waals surface area contributed by atoms with Crippen LogP contribution in [0.25, 0.3) is 10.2 Å². The van der Waals surface area contributed by atoms with Crippen molar-refractivity contribution in [3.8, 4) is 11.5 Å². The molecule has 1 amide bonds. The normalized spacial score (nSPS) is 18.2. The minimum Gasteiger partial charge on any atom is -0.495 e. The summed E-state index contributed by atoms with van der Waals surface area (Å²) < 4.78 is 43.3. The Bertz CT molecular complexity index is 1170. The molecule has 1 aliphatic heterocycles. The molecule has 1 unspecified atom stereocenters. The maximum atomic E-state index is 13.1.